The third-order valence-corrected chi connectivity index (χ3v) is 13.0. The number of halogens is 1. The molecule has 1 atom stereocenters. The Bertz CT molecular complexity index is 2230. The van der Waals surface area contributed by atoms with E-state index in [1.54, 1.807) is 6.08 Å². The van der Waals surface area contributed by atoms with Crippen LogP contribution in [0.2, 0.25) is 0 Å². The van der Waals surface area contributed by atoms with E-state index in [1.165, 1.54) is 38.9 Å². The van der Waals surface area contributed by atoms with Gasteiger partial charge in [-0.2, -0.15) is 13.0 Å². The van der Waals surface area contributed by atoms with Gasteiger partial charge in [0.15, 0.2) is 5.71 Å². The van der Waals surface area contributed by atoms with Crippen LogP contribution in [-0.4, -0.2) is 42.6 Å². The van der Waals surface area contributed by atoms with Crippen LogP contribution < -0.4 is 4.90 Å². The van der Waals surface area contributed by atoms with E-state index in [1.807, 2.05) is 12.1 Å². The molecule has 0 radical (unpaired) electrons. The first-order valence-corrected chi connectivity index (χ1v) is 19.2. The molecule has 4 aliphatic rings. The van der Waals surface area contributed by atoms with Crippen molar-refractivity contribution in [1.29, 1.82) is 0 Å². The van der Waals surface area contributed by atoms with E-state index in [4.69, 9.17) is 11.6 Å². The Balaban J connectivity index is 1.19. The van der Waals surface area contributed by atoms with Gasteiger partial charge in [-0.15, -0.1) is 0 Å². The Hall–Kier alpha value is -3.71. The number of fused-ring (bicyclic) bond motifs is 6. The molecule has 1 N–H and O–H groups in total. The molecule has 0 aromatic heterocycles. The van der Waals surface area contributed by atoms with Gasteiger partial charge < -0.3 is 4.90 Å². The summed E-state index contributed by atoms with van der Waals surface area (Å²) in [7, 11) is 0.115. The monoisotopic (exact) mass is 693 g/mol. The van der Waals surface area contributed by atoms with E-state index in [0.29, 0.717) is 0 Å². The summed E-state index contributed by atoms with van der Waals surface area (Å²) in [5, 5.41) is 2.55. The molecule has 3 aromatic carbocycles. The molecule has 0 bridgehead atoms. The molecule has 0 amide bonds. The maximum Gasteiger partial charge on any atom is 0.271 e. The molecule has 5 nitrogen and oxygen atoms in total. The molecular weight excluding hydrogens is 648 g/mol. The van der Waals surface area contributed by atoms with Crippen molar-refractivity contribution in [2.75, 3.05) is 19.0 Å². The molecule has 3 aromatic rings. The van der Waals surface area contributed by atoms with Gasteiger partial charge in [0.1, 0.15) is 12.3 Å². The lowest BCUT2D eigenvalue weighted by molar-refractivity contribution is -0.401. The average Bonchev–Trinajstić information content (AvgIpc) is 3.39. The van der Waals surface area contributed by atoms with Crippen LogP contribution in [0.5, 0.6) is 0 Å². The zero-order valence-corrected chi connectivity index (χ0v) is 31.1. The molecule has 7 rings (SSSR count). The summed E-state index contributed by atoms with van der Waals surface area (Å²) in [5.41, 5.74) is 12.5. The number of hydrogen-bond acceptors (Lipinski definition) is 3. The SMILES string of the molecule is CCc1ccc2c3c(ccc2c1)[N+](C)=C(/C=C/C1=C(Cl)C(=C/C=C2/N(C)c4ccc5c(c4C2(C)C)C=CC(S(=O)(=O)O)C5)/CCC1)C3(C)C. The van der Waals surface area contributed by atoms with Crippen molar-refractivity contribution in [2.45, 2.75) is 82.8 Å². The Labute approximate surface area is 296 Å². The summed E-state index contributed by atoms with van der Waals surface area (Å²) >= 11 is 7.18. The number of nitrogens with zero attached hydrogens (tertiary/aromatic N) is 2. The third kappa shape index (κ3) is 5.47. The van der Waals surface area contributed by atoms with Gasteiger partial charge >= 0.3 is 0 Å². The van der Waals surface area contributed by atoms with Crippen molar-refractivity contribution in [3.05, 3.63) is 123 Å². The molecular formula is C42H46ClN2O3S+. The van der Waals surface area contributed by atoms with Crippen LogP contribution >= 0.6 is 11.6 Å². The van der Waals surface area contributed by atoms with Crippen molar-refractivity contribution in [3.63, 3.8) is 0 Å². The molecule has 0 saturated heterocycles. The van der Waals surface area contributed by atoms with E-state index in [2.05, 4.69) is 119 Å². The van der Waals surface area contributed by atoms with E-state index in [-0.39, 0.29) is 17.3 Å². The Morgan fingerprint density at radius 3 is 2.51 bits per heavy atom. The highest BCUT2D eigenvalue weighted by Crippen LogP contribution is 2.51. The zero-order chi connectivity index (χ0) is 35.0. The molecule has 49 heavy (non-hydrogen) atoms. The van der Waals surface area contributed by atoms with Gasteiger partial charge in [0.2, 0.25) is 5.69 Å². The smallest absolute Gasteiger partial charge is 0.271 e. The second-order valence-corrected chi connectivity index (χ2v) is 17.1. The lowest BCUT2D eigenvalue weighted by Gasteiger charge is -2.26. The lowest BCUT2D eigenvalue weighted by Crippen LogP contribution is -2.27. The fourth-order valence-electron chi connectivity index (χ4n) is 8.73. The first kappa shape index (κ1) is 33.8. The molecule has 254 valence electrons. The van der Waals surface area contributed by atoms with Gasteiger partial charge in [-0.25, -0.2) is 0 Å². The van der Waals surface area contributed by atoms with Crippen molar-refractivity contribution < 1.29 is 17.5 Å². The highest BCUT2D eigenvalue weighted by Gasteiger charge is 2.44. The highest BCUT2D eigenvalue weighted by atomic mass is 35.5. The van der Waals surface area contributed by atoms with Gasteiger partial charge in [-0.1, -0.05) is 80.9 Å². The molecule has 0 fully saturated rings. The molecule has 2 heterocycles. The molecule has 0 saturated carbocycles. The summed E-state index contributed by atoms with van der Waals surface area (Å²) in [6.07, 6.45) is 16.6. The number of hydrogen-bond donors (Lipinski definition) is 1. The Morgan fingerprint density at radius 2 is 1.78 bits per heavy atom. The van der Waals surface area contributed by atoms with Gasteiger partial charge in [-0.05, 0) is 108 Å². The van der Waals surface area contributed by atoms with E-state index in [0.717, 1.165) is 64.4 Å². The molecule has 0 spiro atoms. The van der Waals surface area contributed by atoms with Gasteiger partial charge in [0.05, 0.1) is 5.41 Å². The number of benzene rings is 3. The van der Waals surface area contributed by atoms with Gasteiger partial charge in [-0.3, -0.25) is 4.55 Å². The zero-order valence-electron chi connectivity index (χ0n) is 29.6. The van der Waals surface area contributed by atoms with Crippen LogP contribution in [0.3, 0.4) is 0 Å². The standard InChI is InChI=1S/C42H45ClN2O3S/c1-8-26-12-18-32-29(24-26)13-20-34-38(32)41(2,3)36(44(34)6)22-15-27-10-9-11-28(40(27)43)16-23-37-42(4,5)39-33-19-17-31(49(46,47)48)25-30(33)14-21-35(39)45(37)7/h12-24,31H,8-11,25H2,1-7H3/p+1. The van der Waals surface area contributed by atoms with Gasteiger partial charge in [0, 0.05) is 46.6 Å². The van der Waals surface area contributed by atoms with Crippen LogP contribution in [-0.2, 0) is 33.8 Å². The second-order valence-electron chi connectivity index (χ2n) is 15.0. The summed E-state index contributed by atoms with van der Waals surface area (Å²) in [6.45, 7) is 11.3. The average molecular weight is 694 g/mol. The quantitative estimate of drug-likeness (QED) is 0.214. The van der Waals surface area contributed by atoms with Crippen LogP contribution in [0.25, 0.3) is 16.8 Å². The largest absolute Gasteiger partial charge is 0.347 e. The van der Waals surface area contributed by atoms with Crippen molar-refractivity contribution in [1.82, 2.24) is 0 Å². The third-order valence-electron chi connectivity index (χ3n) is 11.4. The maximum atomic E-state index is 11.9. The first-order chi connectivity index (χ1) is 23.1. The Morgan fingerprint density at radius 1 is 1.00 bits per heavy atom. The number of likely N-dealkylation sites (N-methyl/N-ethyl adjacent to an activating group) is 1. The van der Waals surface area contributed by atoms with Crippen molar-refractivity contribution in [2.24, 2.45) is 0 Å². The Kier molecular flexibility index (Phi) is 8.25. The number of rotatable bonds is 5. The van der Waals surface area contributed by atoms with Crippen LogP contribution in [0.4, 0.5) is 11.4 Å². The summed E-state index contributed by atoms with van der Waals surface area (Å²) < 4.78 is 35.7. The van der Waals surface area contributed by atoms with Crippen molar-refractivity contribution >= 4 is 55.7 Å². The number of allylic oxidation sites excluding steroid dienone is 8. The van der Waals surface area contributed by atoms with Crippen LogP contribution in [0.1, 0.15) is 81.7 Å². The van der Waals surface area contributed by atoms with E-state index < -0.39 is 15.4 Å². The van der Waals surface area contributed by atoms with E-state index in [9.17, 15) is 13.0 Å². The first-order valence-electron chi connectivity index (χ1n) is 17.3. The number of anilines is 1. The number of aryl methyl sites for hydroxylation is 1. The van der Waals surface area contributed by atoms with Crippen LogP contribution in [0, 0.1) is 0 Å². The fraction of sp³-hybridized carbons (Fsp3) is 0.357. The minimum atomic E-state index is -4.15. The fourth-order valence-corrected chi connectivity index (χ4v) is 9.72. The maximum absolute atomic E-state index is 11.9. The predicted molar refractivity (Wildman–Crippen MR) is 205 cm³/mol. The highest BCUT2D eigenvalue weighted by molar-refractivity contribution is 7.86. The summed E-state index contributed by atoms with van der Waals surface area (Å²) in [5.74, 6) is 0. The summed E-state index contributed by atoms with van der Waals surface area (Å²) in [4.78, 5) is 2.23. The predicted octanol–water partition coefficient (Wildman–Crippen LogP) is 9.70. The van der Waals surface area contributed by atoms with Crippen molar-refractivity contribution in [3.8, 4) is 0 Å². The lowest BCUT2D eigenvalue weighted by atomic mass is 9.78. The minimum absolute atomic E-state index is 0.159. The molecule has 2 aliphatic heterocycles. The molecule has 1 unspecified atom stereocenters. The second kappa shape index (κ2) is 12.0. The minimum Gasteiger partial charge on any atom is -0.347 e. The van der Waals surface area contributed by atoms with Crippen LogP contribution in [0.15, 0.2) is 94.7 Å². The van der Waals surface area contributed by atoms with E-state index >= 15 is 0 Å². The normalized spacial score (nSPS) is 23.0. The van der Waals surface area contributed by atoms with Gasteiger partial charge in [0.25, 0.3) is 10.1 Å². The molecule has 7 heteroatoms. The topological polar surface area (TPSA) is 60.6 Å². The molecule has 2 aliphatic carbocycles. The summed E-state index contributed by atoms with van der Waals surface area (Å²) in [6, 6.07) is 15.5.